The van der Waals surface area contributed by atoms with Crippen molar-refractivity contribution in [2.24, 2.45) is 5.16 Å². The lowest BCUT2D eigenvalue weighted by molar-refractivity contribution is -0.211. The molecule has 2 aliphatic rings. The van der Waals surface area contributed by atoms with Crippen LogP contribution in [-0.2, 0) is 14.9 Å². The second kappa shape index (κ2) is 7.15. The van der Waals surface area contributed by atoms with Gasteiger partial charge in [0.1, 0.15) is 12.4 Å². The topological polar surface area (TPSA) is 71.4 Å². The molecule has 1 aromatic carbocycles. The number of oxime groups is 1. The van der Waals surface area contributed by atoms with E-state index in [1.807, 2.05) is 0 Å². The number of sulfonamides is 1. The van der Waals surface area contributed by atoms with Gasteiger partial charge in [0.05, 0.1) is 18.0 Å². The minimum atomic E-state index is -4.76. The summed E-state index contributed by atoms with van der Waals surface area (Å²) in [5.74, 6) is -1.37. The SMILES string of the molecule is CCS(=O)(=O)N1CCC(Oc2c(F)cccc2N2C=NOC2C(F)(F)F)C1. The second-order valence-electron chi connectivity index (χ2n) is 6.00. The molecule has 1 aromatic rings. The van der Waals surface area contributed by atoms with Crippen molar-refractivity contribution >= 4 is 22.0 Å². The van der Waals surface area contributed by atoms with E-state index in [4.69, 9.17) is 4.74 Å². The fourth-order valence-electron chi connectivity index (χ4n) is 2.87. The number of para-hydroxylation sites is 1. The van der Waals surface area contributed by atoms with Crippen LogP contribution in [0.4, 0.5) is 23.2 Å². The highest BCUT2D eigenvalue weighted by Gasteiger charge is 2.49. The summed E-state index contributed by atoms with van der Waals surface area (Å²) >= 11 is 0. The van der Waals surface area contributed by atoms with Crippen LogP contribution in [-0.4, -0.2) is 56.4 Å². The Bertz CT molecular complexity index is 831. The van der Waals surface area contributed by atoms with Crippen LogP contribution >= 0.6 is 0 Å². The van der Waals surface area contributed by atoms with Crippen LogP contribution in [0.15, 0.2) is 23.4 Å². The van der Waals surface area contributed by atoms with Crippen molar-refractivity contribution in [3.63, 3.8) is 0 Å². The van der Waals surface area contributed by atoms with Crippen LogP contribution in [0.2, 0.25) is 0 Å². The van der Waals surface area contributed by atoms with Crippen LogP contribution in [0, 0.1) is 5.82 Å². The highest BCUT2D eigenvalue weighted by molar-refractivity contribution is 7.89. The first-order valence-corrected chi connectivity index (χ1v) is 9.71. The van der Waals surface area contributed by atoms with Crippen LogP contribution in [0.3, 0.4) is 0 Å². The molecule has 27 heavy (non-hydrogen) atoms. The lowest BCUT2D eigenvalue weighted by Gasteiger charge is -2.26. The van der Waals surface area contributed by atoms with E-state index >= 15 is 0 Å². The minimum absolute atomic E-state index is 0.00274. The Balaban J connectivity index is 1.84. The van der Waals surface area contributed by atoms with Crippen LogP contribution < -0.4 is 9.64 Å². The normalized spacial score (nSPS) is 23.7. The summed E-state index contributed by atoms with van der Waals surface area (Å²) in [6.45, 7) is 1.70. The maximum Gasteiger partial charge on any atom is 0.448 e. The first-order valence-electron chi connectivity index (χ1n) is 8.11. The van der Waals surface area contributed by atoms with E-state index in [1.54, 1.807) is 0 Å². The van der Waals surface area contributed by atoms with Crippen molar-refractivity contribution in [2.45, 2.75) is 31.9 Å². The van der Waals surface area contributed by atoms with Crippen molar-refractivity contribution in [1.29, 1.82) is 0 Å². The van der Waals surface area contributed by atoms with Gasteiger partial charge in [0.2, 0.25) is 10.0 Å². The summed E-state index contributed by atoms with van der Waals surface area (Å²) in [5, 5.41) is 3.16. The van der Waals surface area contributed by atoms with Crippen molar-refractivity contribution in [2.75, 3.05) is 23.7 Å². The van der Waals surface area contributed by atoms with E-state index in [2.05, 4.69) is 9.99 Å². The maximum atomic E-state index is 14.3. The van der Waals surface area contributed by atoms with E-state index in [-0.39, 0.29) is 24.5 Å². The number of halogens is 4. The quantitative estimate of drug-likeness (QED) is 0.696. The smallest absolute Gasteiger partial charge is 0.448 e. The Hall–Kier alpha value is -2.08. The number of hydrogen-bond acceptors (Lipinski definition) is 6. The average Bonchev–Trinajstić information content (AvgIpc) is 3.26. The zero-order valence-corrected chi connectivity index (χ0v) is 15.0. The van der Waals surface area contributed by atoms with Crippen molar-refractivity contribution in [3.8, 4) is 5.75 Å². The number of alkyl halides is 3. The van der Waals surface area contributed by atoms with Gasteiger partial charge in [-0.15, -0.1) is 0 Å². The van der Waals surface area contributed by atoms with E-state index in [9.17, 15) is 26.0 Å². The monoisotopic (exact) mass is 411 g/mol. The molecule has 0 aromatic heterocycles. The molecule has 0 aliphatic carbocycles. The largest absolute Gasteiger partial charge is 0.484 e. The lowest BCUT2D eigenvalue weighted by atomic mass is 10.2. The van der Waals surface area contributed by atoms with E-state index < -0.39 is 40.1 Å². The molecule has 0 saturated carbocycles. The molecule has 0 radical (unpaired) electrons. The number of ether oxygens (including phenoxy) is 1. The van der Waals surface area contributed by atoms with Gasteiger partial charge in [-0.2, -0.15) is 17.5 Å². The van der Waals surface area contributed by atoms with Gasteiger partial charge in [-0.25, -0.2) is 12.8 Å². The lowest BCUT2D eigenvalue weighted by Crippen LogP contribution is -2.43. The highest BCUT2D eigenvalue weighted by atomic mass is 32.2. The zero-order chi connectivity index (χ0) is 19.8. The van der Waals surface area contributed by atoms with Gasteiger partial charge in [-0.1, -0.05) is 11.2 Å². The van der Waals surface area contributed by atoms with Gasteiger partial charge in [-0.3, -0.25) is 4.90 Å². The van der Waals surface area contributed by atoms with Gasteiger partial charge < -0.3 is 9.57 Å². The molecule has 7 nitrogen and oxygen atoms in total. The molecule has 150 valence electrons. The summed E-state index contributed by atoms with van der Waals surface area (Å²) in [4.78, 5) is 4.95. The number of rotatable bonds is 5. The van der Waals surface area contributed by atoms with E-state index in [0.29, 0.717) is 11.3 Å². The Kier molecular flexibility index (Phi) is 5.21. The molecular formula is C15H17F4N3O4S. The summed E-state index contributed by atoms with van der Waals surface area (Å²) in [7, 11) is -3.43. The molecule has 1 saturated heterocycles. The third kappa shape index (κ3) is 3.95. The fourth-order valence-corrected chi connectivity index (χ4v) is 4.01. The van der Waals surface area contributed by atoms with Gasteiger partial charge >= 0.3 is 12.4 Å². The third-order valence-corrected chi connectivity index (χ3v) is 6.09. The van der Waals surface area contributed by atoms with Gasteiger partial charge in [0.25, 0.3) is 0 Å². The molecule has 2 unspecified atom stereocenters. The molecule has 2 heterocycles. The maximum absolute atomic E-state index is 14.3. The fraction of sp³-hybridized carbons (Fsp3) is 0.533. The van der Waals surface area contributed by atoms with Gasteiger partial charge in [0, 0.05) is 6.54 Å². The first kappa shape index (κ1) is 19.7. The Morgan fingerprint density at radius 1 is 1.37 bits per heavy atom. The molecule has 12 heteroatoms. The average molecular weight is 411 g/mol. The molecular weight excluding hydrogens is 394 g/mol. The Labute approximate surface area is 153 Å². The Morgan fingerprint density at radius 3 is 2.78 bits per heavy atom. The molecule has 0 bridgehead atoms. The number of nitrogens with zero attached hydrogens (tertiary/aromatic N) is 3. The molecule has 0 spiro atoms. The summed E-state index contributed by atoms with van der Waals surface area (Å²) in [6.07, 6.45) is -6.77. The second-order valence-corrected chi connectivity index (χ2v) is 8.26. The van der Waals surface area contributed by atoms with E-state index in [0.717, 1.165) is 12.4 Å². The predicted octanol–water partition coefficient (Wildman–Crippen LogP) is 2.30. The summed E-state index contributed by atoms with van der Waals surface area (Å²) in [5.41, 5.74) is -0.213. The highest BCUT2D eigenvalue weighted by Crippen LogP contribution is 2.38. The first-order chi connectivity index (χ1) is 12.6. The molecule has 2 atom stereocenters. The van der Waals surface area contributed by atoms with Crippen LogP contribution in [0.5, 0.6) is 5.75 Å². The molecule has 3 rings (SSSR count). The third-order valence-electron chi connectivity index (χ3n) is 4.24. The zero-order valence-electron chi connectivity index (χ0n) is 14.2. The summed E-state index contributed by atoms with van der Waals surface area (Å²) in [6, 6.07) is 3.53. The molecule has 2 aliphatic heterocycles. The number of benzene rings is 1. The summed E-state index contributed by atoms with van der Waals surface area (Å²) < 4.78 is 84.3. The molecule has 1 fully saturated rings. The Morgan fingerprint density at radius 2 is 2.11 bits per heavy atom. The van der Waals surface area contributed by atoms with Crippen molar-refractivity contribution in [3.05, 3.63) is 24.0 Å². The molecule has 0 N–H and O–H groups in total. The van der Waals surface area contributed by atoms with Crippen molar-refractivity contribution in [1.82, 2.24) is 4.31 Å². The van der Waals surface area contributed by atoms with Crippen molar-refractivity contribution < 1.29 is 35.6 Å². The molecule has 0 amide bonds. The minimum Gasteiger partial charge on any atom is -0.484 e. The van der Waals surface area contributed by atoms with Crippen LogP contribution in [0.25, 0.3) is 0 Å². The standard InChI is InChI=1S/C15H17F4N3O4S/c1-2-27(23,24)21-7-6-10(8-21)25-13-11(16)4-3-5-12(13)22-9-20-26-14(22)15(17,18)19/h3-5,9-10,14H,2,6-8H2,1H3. The predicted molar refractivity (Wildman–Crippen MR) is 88.4 cm³/mol. The van der Waals surface area contributed by atoms with Crippen LogP contribution in [0.1, 0.15) is 13.3 Å². The number of hydrogen-bond donors (Lipinski definition) is 0. The number of anilines is 1. The van der Waals surface area contributed by atoms with Gasteiger partial charge in [-0.05, 0) is 25.5 Å². The van der Waals surface area contributed by atoms with E-state index in [1.165, 1.54) is 23.4 Å². The van der Waals surface area contributed by atoms with Gasteiger partial charge in [0.15, 0.2) is 11.6 Å².